The Balaban J connectivity index is 3.19. The summed E-state index contributed by atoms with van der Waals surface area (Å²) in [6.45, 7) is 0. The van der Waals surface area contributed by atoms with Crippen molar-refractivity contribution in [2.24, 2.45) is 0 Å². The van der Waals surface area contributed by atoms with Gasteiger partial charge in [-0.3, -0.25) is 0 Å². The van der Waals surface area contributed by atoms with Gasteiger partial charge in [0.15, 0.2) is 17.6 Å². The molecule has 0 saturated heterocycles. The number of benzene rings is 1. The Morgan fingerprint density at radius 3 is 2.83 bits per heavy atom. The van der Waals surface area contributed by atoms with Crippen LogP contribution < -0.4 is 0 Å². The molecular formula is C9H4FNO. The van der Waals surface area contributed by atoms with E-state index in [0.717, 1.165) is 0 Å². The Labute approximate surface area is 68.9 Å². The summed E-state index contributed by atoms with van der Waals surface area (Å²) in [6, 6.07) is 5.62. The van der Waals surface area contributed by atoms with Gasteiger partial charge in [-0.25, -0.2) is 4.39 Å². The Morgan fingerprint density at radius 2 is 2.17 bits per heavy atom. The molecule has 0 unspecified atom stereocenters. The number of phenols is 1. The minimum absolute atomic E-state index is 0.0246. The normalized spacial score (nSPS) is 8.00. The van der Waals surface area contributed by atoms with E-state index in [2.05, 4.69) is 5.92 Å². The van der Waals surface area contributed by atoms with Gasteiger partial charge in [0.25, 0.3) is 0 Å². The standard InChI is InChI=1S/C9H4FNO/c10-9-7(4-2-6-11)3-1-5-8(9)12/h1,3,5,12H. The number of nitrogens with zero attached hydrogens (tertiary/aromatic N) is 1. The van der Waals surface area contributed by atoms with Crippen LogP contribution in [0.2, 0.25) is 0 Å². The number of halogens is 1. The lowest BCUT2D eigenvalue weighted by molar-refractivity contribution is 0.431. The molecule has 0 aliphatic carbocycles. The zero-order chi connectivity index (χ0) is 8.97. The van der Waals surface area contributed by atoms with Crippen LogP contribution in [-0.4, -0.2) is 5.11 Å². The van der Waals surface area contributed by atoms with E-state index in [1.807, 2.05) is 5.92 Å². The highest BCUT2D eigenvalue weighted by atomic mass is 19.1. The minimum Gasteiger partial charge on any atom is -0.505 e. The largest absolute Gasteiger partial charge is 0.505 e. The maximum absolute atomic E-state index is 12.9. The van der Waals surface area contributed by atoms with Gasteiger partial charge in [0.05, 0.1) is 5.56 Å². The van der Waals surface area contributed by atoms with E-state index >= 15 is 0 Å². The molecule has 0 heterocycles. The minimum atomic E-state index is -0.791. The summed E-state index contributed by atoms with van der Waals surface area (Å²) >= 11 is 0. The summed E-state index contributed by atoms with van der Waals surface area (Å²) in [5, 5.41) is 17.0. The molecule has 1 N–H and O–H groups in total. The Hall–Kier alpha value is -2.00. The molecule has 0 fully saturated rings. The molecule has 1 aromatic carbocycles. The molecule has 0 radical (unpaired) electrons. The maximum Gasteiger partial charge on any atom is 0.180 e. The topological polar surface area (TPSA) is 44.0 Å². The van der Waals surface area contributed by atoms with E-state index in [4.69, 9.17) is 10.4 Å². The van der Waals surface area contributed by atoms with E-state index < -0.39 is 11.6 Å². The molecule has 0 aliphatic rings. The Bertz CT molecular complexity index is 395. The molecule has 1 rings (SSSR count). The molecule has 0 aliphatic heterocycles. The molecule has 0 saturated carbocycles. The van der Waals surface area contributed by atoms with Gasteiger partial charge in [0.1, 0.15) is 0 Å². The van der Waals surface area contributed by atoms with Crippen molar-refractivity contribution >= 4 is 0 Å². The van der Waals surface area contributed by atoms with Crippen molar-refractivity contribution in [3.8, 4) is 23.7 Å². The third-order valence-electron chi connectivity index (χ3n) is 1.23. The fraction of sp³-hybridized carbons (Fsp3) is 0. The number of aromatic hydroxyl groups is 1. The molecule has 0 aromatic heterocycles. The first-order valence-corrected chi connectivity index (χ1v) is 3.13. The van der Waals surface area contributed by atoms with Crippen LogP contribution >= 0.6 is 0 Å². The predicted molar refractivity (Wildman–Crippen MR) is 40.6 cm³/mol. The van der Waals surface area contributed by atoms with Crippen molar-refractivity contribution in [3.63, 3.8) is 0 Å². The van der Waals surface area contributed by atoms with Crippen molar-refractivity contribution in [1.29, 1.82) is 5.26 Å². The number of hydrogen-bond acceptors (Lipinski definition) is 2. The summed E-state index contributed by atoms with van der Waals surface area (Å²) in [7, 11) is 0. The van der Waals surface area contributed by atoms with Gasteiger partial charge in [-0.05, 0) is 18.1 Å². The fourth-order valence-corrected chi connectivity index (χ4v) is 0.712. The highest BCUT2D eigenvalue weighted by Crippen LogP contribution is 2.17. The van der Waals surface area contributed by atoms with Crippen molar-refractivity contribution < 1.29 is 9.50 Å². The van der Waals surface area contributed by atoms with Crippen LogP contribution in [-0.2, 0) is 0 Å². The van der Waals surface area contributed by atoms with Gasteiger partial charge in [0, 0.05) is 5.92 Å². The van der Waals surface area contributed by atoms with E-state index in [1.165, 1.54) is 18.2 Å². The number of phenolic OH excluding ortho intramolecular Hbond substituents is 1. The number of hydrogen-bond donors (Lipinski definition) is 1. The second-order valence-electron chi connectivity index (χ2n) is 2.00. The Kier molecular flexibility index (Phi) is 2.30. The lowest BCUT2D eigenvalue weighted by Crippen LogP contribution is -1.82. The second-order valence-corrected chi connectivity index (χ2v) is 2.00. The summed E-state index contributed by atoms with van der Waals surface area (Å²) < 4.78 is 12.9. The van der Waals surface area contributed by atoms with E-state index in [-0.39, 0.29) is 5.56 Å². The molecule has 1 aromatic rings. The van der Waals surface area contributed by atoms with Gasteiger partial charge >= 0.3 is 0 Å². The Morgan fingerprint density at radius 1 is 1.42 bits per heavy atom. The first-order chi connectivity index (χ1) is 5.75. The third-order valence-corrected chi connectivity index (χ3v) is 1.23. The number of rotatable bonds is 0. The van der Waals surface area contributed by atoms with Crippen molar-refractivity contribution in [2.45, 2.75) is 0 Å². The van der Waals surface area contributed by atoms with Crippen LogP contribution in [0.25, 0.3) is 0 Å². The van der Waals surface area contributed by atoms with Crippen LogP contribution in [0.3, 0.4) is 0 Å². The smallest absolute Gasteiger partial charge is 0.180 e. The maximum atomic E-state index is 12.9. The zero-order valence-corrected chi connectivity index (χ0v) is 6.00. The molecule has 58 valence electrons. The van der Waals surface area contributed by atoms with Gasteiger partial charge in [0.2, 0.25) is 0 Å². The van der Waals surface area contributed by atoms with Crippen molar-refractivity contribution in [3.05, 3.63) is 29.6 Å². The molecule has 0 amide bonds. The fourth-order valence-electron chi connectivity index (χ4n) is 0.712. The molecule has 3 heteroatoms. The van der Waals surface area contributed by atoms with Gasteiger partial charge in [-0.2, -0.15) is 5.26 Å². The molecule has 0 bridgehead atoms. The average Bonchev–Trinajstić information content (AvgIpc) is 2.08. The quantitative estimate of drug-likeness (QED) is 0.584. The van der Waals surface area contributed by atoms with Gasteiger partial charge < -0.3 is 5.11 Å². The first kappa shape index (κ1) is 8.10. The summed E-state index contributed by atoms with van der Waals surface area (Å²) in [5.41, 5.74) is 0.0246. The third kappa shape index (κ3) is 1.53. The highest BCUT2D eigenvalue weighted by molar-refractivity contribution is 5.43. The molecule has 0 atom stereocenters. The van der Waals surface area contributed by atoms with Crippen LogP contribution in [0, 0.1) is 29.0 Å². The van der Waals surface area contributed by atoms with Crippen LogP contribution in [0.4, 0.5) is 4.39 Å². The van der Waals surface area contributed by atoms with Crippen molar-refractivity contribution in [2.75, 3.05) is 0 Å². The van der Waals surface area contributed by atoms with Gasteiger partial charge in [-0.1, -0.05) is 6.07 Å². The lowest BCUT2D eigenvalue weighted by Gasteiger charge is -1.95. The molecule has 12 heavy (non-hydrogen) atoms. The summed E-state index contributed by atoms with van der Waals surface area (Å²) in [6.07, 6.45) is 0. The van der Waals surface area contributed by atoms with Crippen LogP contribution in [0.5, 0.6) is 5.75 Å². The van der Waals surface area contributed by atoms with Crippen molar-refractivity contribution in [1.82, 2.24) is 0 Å². The lowest BCUT2D eigenvalue weighted by atomic mass is 10.2. The second kappa shape index (κ2) is 3.41. The van der Waals surface area contributed by atoms with Crippen LogP contribution in [0.15, 0.2) is 18.2 Å². The van der Waals surface area contributed by atoms with Gasteiger partial charge in [-0.15, -0.1) is 0 Å². The molecule has 2 nitrogen and oxygen atoms in total. The molecule has 0 spiro atoms. The van der Waals surface area contributed by atoms with E-state index in [9.17, 15) is 4.39 Å². The van der Waals surface area contributed by atoms with Crippen LogP contribution in [0.1, 0.15) is 5.56 Å². The monoisotopic (exact) mass is 161 g/mol. The molecular weight excluding hydrogens is 157 g/mol. The zero-order valence-electron chi connectivity index (χ0n) is 6.00. The van der Waals surface area contributed by atoms with E-state index in [0.29, 0.717) is 0 Å². The summed E-state index contributed by atoms with van der Waals surface area (Å²) in [5.74, 6) is 3.04. The number of nitriles is 1. The SMILES string of the molecule is N#CC#Cc1cccc(O)c1F. The highest BCUT2D eigenvalue weighted by Gasteiger charge is 2.02. The predicted octanol–water partition coefficient (Wildman–Crippen LogP) is 1.41. The van der Waals surface area contributed by atoms with E-state index in [1.54, 1.807) is 6.07 Å². The average molecular weight is 161 g/mol. The first-order valence-electron chi connectivity index (χ1n) is 3.13. The summed E-state index contributed by atoms with van der Waals surface area (Å²) in [4.78, 5) is 0.